The molecule has 1 aromatic heterocycles. The Morgan fingerprint density at radius 2 is 2.03 bits per heavy atom. The number of ether oxygens (including phenoxy) is 1. The zero-order valence-electron chi connectivity index (χ0n) is 18.3. The summed E-state index contributed by atoms with van der Waals surface area (Å²) in [6.07, 6.45) is 4.18. The largest absolute Gasteiger partial charge is 0.490 e. The first-order valence-electron chi connectivity index (χ1n) is 10.6. The second kappa shape index (κ2) is 11.3. The van der Waals surface area contributed by atoms with Crippen LogP contribution in [0.15, 0.2) is 59.7 Å². The fourth-order valence-electron chi connectivity index (χ4n) is 3.26. The van der Waals surface area contributed by atoms with E-state index in [4.69, 9.17) is 4.74 Å². The first-order valence-corrected chi connectivity index (χ1v) is 10.6. The van der Waals surface area contributed by atoms with Gasteiger partial charge in [0, 0.05) is 7.05 Å². The molecule has 0 amide bonds. The summed E-state index contributed by atoms with van der Waals surface area (Å²) in [5.41, 5.74) is 2.88. The first kappa shape index (κ1) is 24.0. The van der Waals surface area contributed by atoms with Crippen molar-refractivity contribution in [2.75, 3.05) is 13.7 Å². The second-order valence-corrected chi connectivity index (χ2v) is 7.85. The number of hydrogen-bond donors (Lipinski definition) is 3. The van der Waals surface area contributed by atoms with Crippen LogP contribution < -0.4 is 15.4 Å². The molecule has 4 rings (SSSR count). The van der Waals surface area contributed by atoms with E-state index in [2.05, 4.69) is 25.6 Å². The van der Waals surface area contributed by atoms with Crippen LogP contribution in [0.3, 0.4) is 0 Å². The molecule has 170 valence electrons. The van der Waals surface area contributed by atoms with Gasteiger partial charge in [-0.3, -0.25) is 4.99 Å². The standard InChI is InChI=1S/C24H28FN5O.HI/c1-16(19-10-11-22(20(25)12-19)31-15-17-8-9-17)29-24(26-2)28-14-23-27-13-21(30-23)18-6-4-3-5-7-18;/h3-7,10-13,16-17H,8-9,14-15H2,1-2H3,(H,27,30)(H2,26,28,29);1H. The Labute approximate surface area is 205 Å². The number of halogens is 2. The number of nitrogens with one attached hydrogen (secondary N) is 3. The van der Waals surface area contributed by atoms with Crippen LogP contribution in [0.25, 0.3) is 11.3 Å². The Morgan fingerprint density at radius 3 is 2.72 bits per heavy atom. The molecule has 1 fully saturated rings. The van der Waals surface area contributed by atoms with E-state index in [1.807, 2.05) is 49.5 Å². The fraction of sp³-hybridized carbons (Fsp3) is 0.333. The smallest absolute Gasteiger partial charge is 0.191 e. The van der Waals surface area contributed by atoms with Crippen molar-refractivity contribution in [3.05, 3.63) is 71.9 Å². The molecule has 32 heavy (non-hydrogen) atoms. The Morgan fingerprint density at radius 1 is 1.25 bits per heavy atom. The molecule has 1 unspecified atom stereocenters. The summed E-state index contributed by atoms with van der Waals surface area (Å²) in [6, 6.07) is 15.0. The minimum atomic E-state index is -0.334. The van der Waals surface area contributed by atoms with Gasteiger partial charge in [0.1, 0.15) is 5.82 Å². The van der Waals surface area contributed by atoms with Gasteiger partial charge in [-0.1, -0.05) is 36.4 Å². The van der Waals surface area contributed by atoms with Crippen LogP contribution >= 0.6 is 24.0 Å². The van der Waals surface area contributed by atoms with Gasteiger partial charge in [0.15, 0.2) is 17.5 Å². The molecule has 0 spiro atoms. The van der Waals surface area contributed by atoms with Gasteiger partial charge in [-0.2, -0.15) is 0 Å². The van der Waals surface area contributed by atoms with Crippen LogP contribution in [0.2, 0.25) is 0 Å². The molecule has 1 aliphatic carbocycles. The summed E-state index contributed by atoms with van der Waals surface area (Å²) in [4.78, 5) is 12.0. The summed E-state index contributed by atoms with van der Waals surface area (Å²) in [6.45, 7) is 3.05. The van der Waals surface area contributed by atoms with Gasteiger partial charge in [-0.25, -0.2) is 9.37 Å². The van der Waals surface area contributed by atoms with Gasteiger partial charge < -0.3 is 20.4 Å². The van der Waals surface area contributed by atoms with Crippen molar-refractivity contribution in [1.82, 2.24) is 20.6 Å². The SMILES string of the molecule is CN=C(NCc1ncc(-c2ccccc2)[nH]1)NC(C)c1ccc(OCC2CC2)c(F)c1.I. The van der Waals surface area contributed by atoms with Gasteiger partial charge in [-0.05, 0) is 48.9 Å². The lowest BCUT2D eigenvalue weighted by molar-refractivity contribution is 0.285. The predicted octanol–water partition coefficient (Wildman–Crippen LogP) is 5.05. The molecule has 0 radical (unpaired) electrons. The maximum Gasteiger partial charge on any atom is 0.191 e. The van der Waals surface area contributed by atoms with Gasteiger partial charge >= 0.3 is 0 Å². The molecule has 0 bridgehead atoms. The van der Waals surface area contributed by atoms with Gasteiger partial charge in [-0.15, -0.1) is 24.0 Å². The van der Waals surface area contributed by atoms with E-state index >= 15 is 0 Å². The van der Waals surface area contributed by atoms with Crippen LogP contribution in [0.5, 0.6) is 5.75 Å². The molecule has 8 heteroatoms. The number of aromatic amines is 1. The highest BCUT2D eigenvalue weighted by Gasteiger charge is 2.22. The fourth-order valence-corrected chi connectivity index (χ4v) is 3.26. The third-order valence-corrected chi connectivity index (χ3v) is 5.34. The van der Waals surface area contributed by atoms with Crippen LogP contribution in [0.4, 0.5) is 4.39 Å². The molecule has 3 aromatic rings. The topological polar surface area (TPSA) is 74.3 Å². The molecule has 2 aromatic carbocycles. The number of benzene rings is 2. The zero-order chi connectivity index (χ0) is 21.6. The lowest BCUT2D eigenvalue weighted by atomic mass is 10.1. The monoisotopic (exact) mass is 549 g/mol. The maximum atomic E-state index is 14.4. The lowest BCUT2D eigenvalue weighted by Crippen LogP contribution is -2.38. The minimum Gasteiger partial charge on any atom is -0.490 e. The molecule has 1 aliphatic rings. The Kier molecular flexibility index (Phi) is 8.49. The van der Waals surface area contributed by atoms with Crippen molar-refractivity contribution in [1.29, 1.82) is 0 Å². The Bertz CT molecular complexity index is 1040. The molecule has 3 N–H and O–H groups in total. The highest BCUT2D eigenvalue weighted by molar-refractivity contribution is 14.0. The number of aliphatic imine (C=N–C) groups is 1. The average Bonchev–Trinajstić information content (AvgIpc) is 3.51. The first-order chi connectivity index (χ1) is 15.1. The zero-order valence-corrected chi connectivity index (χ0v) is 20.6. The third-order valence-electron chi connectivity index (χ3n) is 5.34. The van der Waals surface area contributed by atoms with E-state index in [1.165, 1.54) is 18.9 Å². The van der Waals surface area contributed by atoms with Crippen molar-refractivity contribution < 1.29 is 9.13 Å². The van der Waals surface area contributed by atoms with Crippen LogP contribution in [-0.2, 0) is 6.54 Å². The van der Waals surface area contributed by atoms with Crippen LogP contribution in [0, 0.1) is 11.7 Å². The molecule has 1 heterocycles. The van der Waals surface area contributed by atoms with Gasteiger partial charge in [0.25, 0.3) is 0 Å². The molecule has 1 atom stereocenters. The summed E-state index contributed by atoms with van der Waals surface area (Å²) < 4.78 is 20.0. The van der Waals surface area contributed by atoms with Crippen molar-refractivity contribution >= 4 is 29.9 Å². The normalized spacial score (nSPS) is 14.4. The molecule has 0 saturated heterocycles. The lowest BCUT2D eigenvalue weighted by Gasteiger charge is -2.18. The number of rotatable bonds is 8. The Balaban J connectivity index is 0.00000289. The third kappa shape index (κ3) is 6.44. The van der Waals surface area contributed by atoms with Gasteiger partial charge in [0.2, 0.25) is 0 Å². The average molecular weight is 549 g/mol. The minimum absolute atomic E-state index is 0. The number of aromatic nitrogens is 2. The van der Waals surface area contributed by atoms with Crippen molar-refractivity contribution in [3.8, 4) is 17.0 Å². The van der Waals surface area contributed by atoms with Crippen LogP contribution in [-0.4, -0.2) is 29.6 Å². The van der Waals surface area contributed by atoms with Crippen molar-refractivity contribution in [3.63, 3.8) is 0 Å². The maximum absolute atomic E-state index is 14.4. The number of nitrogens with zero attached hydrogens (tertiary/aromatic N) is 2. The number of H-pyrrole nitrogens is 1. The predicted molar refractivity (Wildman–Crippen MR) is 136 cm³/mol. The number of hydrogen-bond acceptors (Lipinski definition) is 3. The number of guanidine groups is 1. The second-order valence-electron chi connectivity index (χ2n) is 7.85. The molecule has 6 nitrogen and oxygen atoms in total. The Hall–Kier alpha value is -2.62. The van der Waals surface area contributed by atoms with E-state index in [-0.39, 0.29) is 35.8 Å². The molecular formula is C24H29FIN5O. The molecule has 1 saturated carbocycles. The number of imidazole rings is 1. The van der Waals surface area contributed by atoms with E-state index < -0.39 is 0 Å². The summed E-state index contributed by atoms with van der Waals surface area (Å²) in [7, 11) is 1.70. The van der Waals surface area contributed by atoms with E-state index in [0.29, 0.717) is 30.8 Å². The summed E-state index contributed by atoms with van der Waals surface area (Å²) in [5.74, 6) is 1.99. The summed E-state index contributed by atoms with van der Waals surface area (Å²) >= 11 is 0. The van der Waals surface area contributed by atoms with E-state index in [1.54, 1.807) is 13.1 Å². The summed E-state index contributed by atoms with van der Waals surface area (Å²) in [5, 5.41) is 6.53. The van der Waals surface area contributed by atoms with Gasteiger partial charge in [0.05, 0.1) is 31.1 Å². The van der Waals surface area contributed by atoms with E-state index in [0.717, 1.165) is 22.6 Å². The quantitative estimate of drug-likeness (QED) is 0.209. The van der Waals surface area contributed by atoms with Crippen molar-refractivity contribution in [2.24, 2.45) is 10.9 Å². The van der Waals surface area contributed by atoms with Crippen LogP contribution in [0.1, 0.15) is 37.2 Å². The molecule has 0 aliphatic heterocycles. The highest BCUT2D eigenvalue weighted by atomic mass is 127. The van der Waals surface area contributed by atoms with E-state index in [9.17, 15) is 4.39 Å². The van der Waals surface area contributed by atoms with Crippen molar-refractivity contribution in [2.45, 2.75) is 32.4 Å². The molecular weight excluding hydrogens is 520 g/mol. The highest BCUT2D eigenvalue weighted by Crippen LogP contribution is 2.30.